The minimum Gasteiger partial charge on any atom is -0.314 e. The fourth-order valence-corrected chi connectivity index (χ4v) is 2.92. The lowest BCUT2D eigenvalue weighted by Crippen LogP contribution is -2.40. The first-order chi connectivity index (χ1) is 8.26. The van der Waals surface area contributed by atoms with E-state index in [1.807, 2.05) is 0 Å². The highest BCUT2D eigenvalue weighted by atomic mass is 15.1. The van der Waals surface area contributed by atoms with Gasteiger partial charge in [-0.25, -0.2) is 0 Å². The maximum Gasteiger partial charge on any atom is 0.00670 e. The molecule has 17 heavy (non-hydrogen) atoms. The maximum atomic E-state index is 3.82. The van der Waals surface area contributed by atoms with Crippen molar-refractivity contribution in [3.05, 3.63) is 0 Å². The molecule has 0 spiro atoms. The normalized spacial score (nSPS) is 23.8. The summed E-state index contributed by atoms with van der Waals surface area (Å²) in [6.07, 6.45) is 9.54. The molecule has 1 heterocycles. The van der Waals surface area contributed by atoms with Crippen molar-refractivity contribution in [1.29, 1.82) is 0 Å². The Morgan fingerprint density at radius 1 is 1.24 bits per heavy atom. The summed E-state index contributed by atoms with van der Waals surface area (Å²) in [5.41, 5.74) is 0. The lowest BCUT2D eigenvalue weighted by molar-refractivity contribution is 0.201. The monoisotopic (exact) mass is 240 g/mol. The van der Waals surface area contributed by atoms with E-state index in [0.29, 0.717) is 0 Å². The molecule has 2 heteroatoms. The summed E-state index contributed by atoms with van der Waals surface area (Å²) in [6, 6.07) is 0.771. The Morgan fingerprint density at radius 2 is 2.06 bits per heavy atom. The molecule has 1 rings (SSSR count). The summed E-state index contributed by atoms with van der Waals surface area (Å²) in [7, 11) is 2.26. The Balaban J connectivity index is 2.19. The van der Waals surface area contributed by atoms with Crippen LogP contribution in [0, 0.1) is 5.92 Å². The molecule has 2 nitrogen and oxygen atoms in total. The molecule has 0 aromatic heterocycles. The Morgan fingerprint density at radius 3 is 2.71 bits per heavy atom. The van der Waals surface area contributed by atoms with Gasteiger partial charge in [0, 0.05) is 12.6 Å². The van der Waals surface area contributed by atoms with Crippen LogP contribution in [0.15, 0.2) is 0 Å². The van der Waals surface area contributed by atoms with Crippen LogP contribution in [0.2, 0.25) is 0 Å². The Bertz CT molecular complexity index is 182. The van der Waals surface area contributed by atoms with Crippen LogP contribution in [-0.4, -0.2) is 37.6 Å². The number of unbranched alkanes of at least 4 members (excludes halogenated alkanes) is 1. The molecule has 0 saturated carbocycles. The number of hydrogen-bond acceptors (Lipinski definition) is 2. The van der Waals surface area contributed by atoms with Gasteiger partial charge >= 0.3 is 0 Å². The van der Waals surface area contributed by atoms with E-state index >= 15 is 0 Å². The van der Waals surface area contributed by atoms with Gasteiger partial charge in [0.1, 0.15) is 0 Å². The molecule has 1 saturated heterocycles. The van der Waals surface area contributed by atoms with Crippen molar-refractivity contribution in [3.63, 3.8) is 0 Å². The zero-order valence-electron chi connectivity index (χ0n) is 12.2. The number of hydrogen-bond donors (Lipinski definition) is 1. The van der Waals surface area contributed by atoms with Gasteiger partial charge in [-0.15, -0.1) is 0 Å². The summed E-state index contributed by atoms with van der Waals surface area (Å²) in [4.78, 5) is 2.48. The summed E-state index contributed by atoms with van der Waals surface area (Å²) in [5.74, 6) is 0.884. The molecular weight excluding hydrogens is 208 g/mol. The minimum atomic E-state index is 0.771. The van der Waals surface area contributed by atoms with E-state index in [1.165, 1.54) is 64.6 Å². The van der Waals surface area contributed by atoms with Crippen LogP contribution in [0.25, 0.3) is 0 Å². The van der Waals surface area contributed by atoms with E-state index in [1.54, 1.807) is 0 Å². The third kappa shape index (κ3) is 6.42. The average Bonchev–Trinajstić information content (AvgIpc) is 2.33. The SMILES string of the molecule is CCCCC(CCC)NCC1CCCN(C)C1. The van der Waals surface area contributed by atoms with Crippen molar-refractivity contribution in [1.82, 2.24) is 10.2 Å². The molecule has 1 fully saturated rings. The smallest absolute Gasteiger partial charge is 0.00670 e. The second kappa shape index (κ2) is 8.93. The van der Waals surface area contributed by atoms with Crippen LogP contribution in [0.5, 0.6) is 0 Å². The van der Waals surface area contributed by atoms with Gasteiger partial charge in [0.15, 0.2) is 0 Å². The van der Waals surface area contributed by atoms with Gasteiger partial charge in [-0.3, -0.25) is 0 Å². The Kier molecular flexibility index (Phi) is 7.87. The first kappa shape index (κ1) is 15.0. The van der Waals surface area contributed by atoms with E-state index in [0.717, 1.165) is 12.0 Å². The van der Waals surface area contributed by atoms with E-state index in [2.05, 4.69) is 31.1 Å². The lowest BCUT2D eigenvalue weighted by Gasteiger charge is -2.31. The van der Waals surface area contributed by atoms with Crippen molar-refractivity contribution in [2.75, 3.05) is 26.7 Å². The molecule has 0 radical (unpaired) electrons. The topological polar surface area (TPSA) is 15.3 Å². The highest BCUT2D eigenvalue weighted by Gasteiger charge is 2.18. The predicted octanol–water partition coefficient (Wildman–Crippen LogP) is 3.28. The van der Waals surface area contributed by atoms with E-state index in [4.69, 9.17) is 0 Å². The first-order valence-corrected chi connectivity index (χ1v) is 7.68. The molecule has 0 aromatic rings. The van der Waals surface area contributed by atoms with Crippen molar-refractivity contribution in [2.24, 2.45) is 5.92 Å². The fraction of sp³-hybridized carbons (Fsp3) is 1.00. The van der Waals surface area contributed by atoms with Crippen LogP contribution in [0.1, 0.15) is 58.8 Å². The van der Waals surface area contributed by atoms with Crippen molar-refractivity contribution in [2.45, 2.75) is 64.8 Å². The average molecular weight is 240 g/mol. The summed E-state index contributed by atoms with van der Waals surface area (Å²) in [5, 5.41) is 3.82. The summed E-state index contributed by atoms with van der Waals surface area (Å²) < 4.78 is 0. The van der Waals surface area contributed by atoms with Crippen LogP contribution in [0.3, 0.4) is 0 Å². The van der Waals surface area contributed by atoms with Gasteiger partial charge in [-0.05, 0) is 51.7 Å². The molecule has 102 valence electrons. The van der Waals surface area contributed by atoms with Gasteiger partial charge in [-0.2, -0.15) is 0 Å². The van der Waals surface area contributed by atoms with Crippen LogP contribution in [0.4, 0.5) is 0 Å². The zero-order valence-corrected chi connectivity index (χ0v) is 12.2. The third-order valence-corrected chi connectivity index (χ3v) is 3.96. The van der Waals surface area contributed by atoms with Gasteiger partial charge in [0.2, 0.25) is 0 Å². The number of nitrogens with one attached hydrogen (secondary N) is 1. The van der Waals surface area contributed by atoms with Gasteiger partial charge < -0.3 is 10.2 Å². The molecule has 1 aliphatic rings. The molecule has 2 unspecified atom stereocenters. The van der Waals surface area contributed by atoms with Crippen LogP contribution >= 0.6 is 0 Å². The van der Waals surface area contributed by atoms with Gasteiger partial charge in [0.05, 0.1) is 0 Å². The fourth-order valence-electron chi connectivity index (χ4n) is 2.92. The predicted molar refractivity (Wildman–Crippen MR) is 76.4 cm³/mol. The summed E-state index contributed by atoms with van der Waals surface area (Å²) in [6.45, 7) is 8.41. The number of piperidine rings is 1. The second-order valence-electron chi connectivity index (χ2n) is 5.81. The second-order valence-corrected chi connectivity index (χ2v) is 5.81. The van der Waals surface area contributed by atoms with E-state index in [-0.39, 0.29) is 0 Å². The summed E-state index contributed by atoms with van der Waals surface area (Å²) >= 11 is 0. The lowest BCUT2D eigenvalue weighted by atomic mass is 9.97. The molecule has 2 atom stereocenters. The molecule has 0 aliphatic carbocycles. The highest BCUT2D eigenvalue weighted by molar-refractivity contribution is 4.75. The third-order valence-electron chi connectivity index (χ3n) is 3.96. The van der Waals surface area contributed by atoms with Gasteiger partial charge in [0.25, 0.3) is 0 Å². The van der Waals surface area contributed by atoms with Crippen molar-refractivity contribution in [3.8, 4) is 0 Å². The molecule has 1 N–H and O–H groups in total. The molecule has 0 bridgehead atoms. The molecular formula is C15H32N2. The quantitative estimate of drug-likeness (QED) is 0.700. The van der Waals surface area contributed by atoms with Crippen molar-refractivity contribution >= 4 is 0 Å². The Labute approximate surface area is 108 Å². The molecule has 0 amide bonds. The first-order valence-electron chi connectivity index (χ1n) is 7.68. The Hall–Kier alpha value is -0.0800. The molecule has 0 aromatic carbocycles. The maximum absolute atomic E-state index is 3.82. The number of likely N-dealkylation sites (tertiary alicyclic amines) is 1. The van der Waals surface area contributed by atoms with Crippen LogP contribution < -0.4 is 5.32 Å². The zero-order chi connectivity index (χ0) is 12.5. The standard InChI is InChI=1S/C15H32N2/c1-4-6-10-15(8-5-2)16-12-14-9-7-11-17(3)13-14/h14-16H,4-13H2,1-3H3. The van der Waals surface area contributed by atoms with Gasteiger partial charge in [-0.1, -0.05) is 33.1 Å². The molecule has 1 aliphatic heterocycles. The van der Waals surface area contributed by atoms with Crippen LogP contribution in [-0.2, 0) is 0 Å². The number of rotatable bonds is 8. The number of nitrogens with zero attached hydrogens (tertiary/aromatic N) is 1. The minimum absolute atomic E-state index is 0.771. The van der Waals surface area contributed by atoms with E-state index < -0.39 is 0 Å². The van der Waals surface area contributed by atoms with E-state index in [9.17, 15) is 0 Å². The largest absolute Gasteiger partial charge is 0.314 e. The van der Waals surface area contributed by atoms with Crippen molar-refractivity contribution < 1.29 is 0 Å². The highest BCUT2D eigenvalue weighted by Crippen LogP contribution is 2.15.